The maximum Gasteiger partial charge on any atom is 0.305 e. The molecule has 0 amide bonds. The lowest BCUT2D eigenvalue weighted by atomic mass is 10.0. The first-order valence-electron chi connectivity index (χ1n) is 40.8. The SMILES string of the molecule is CCCCCCCC/C=C\CCCCCCCC(=O)O.CCCCCCCCCC(CCCCCCCC(=O)O)S(=O)(=O)CC.CCCCCCCCCC(CCCCCCCC(=O)O)SCC.CCCCCCCCCC(CCCCCCCC(=O)OC)S(=O)(=O)CC.CCS. The van der Waals surface area contributed by atoms with Crippen LogP contribution in [0.4, 0.5) is 0 Å². The number of carboxylic acids is 3. The summed E-state index contributed by atoms with van der Waals surface area (Å²) in [5.41, 5.74) is 0. The quantitative estimate of drug-likeness (QED) is 0.0194. The van der Waals surface area contributed by atoms with E-state index in [-0.39, 0.29) is 34.4 Å². The molecule has 0 aromatic rings. The van der Waals surface area contributed by atoms with Crippen molar-refractivity contribution in [2.75, 3.05) is 30.1 Å². The molecule has 0 heterocycles. The molecule has 0 rings (SSSR count). The van der Waals surface area contributed by atoms with Crippen LogP contribution in [-0.4, -0.2) is 102 Å². The van der Waals surface area contributed by atoms with Crippen molar-refractivity contribution in [1.29, 1.82) is 0 Å². The van der Waals surface area contributed by atoms with Gasteiger partial charge in [-0.2, -0.15) is 24.4 Å². The topological polar surface area (TPSA) is 206 Å². The van der Waals surface area contributed by atoms with Crippen LogP contribution in [0.5, 0.6) is 0 Å². The highest BCUT2D eigenvalue weighted by Gasteiger charge is 2.24. The summed E-state index contributed by atoms with van der Waals surface area (Å²) in [6, 6.07) is 0. The van der Waals surface area contributed by atoms with E-state index in [1.807, 2.05) is 6.92 Å². The predicted molar refractivity (Wildman–Crippen MR) is 427 cm³/mol. The molecule has 12 nitrogen and oxygen atoms in total. The third-order valence-corrected chi connectivity index (χ3v) is 24.1. The summed E-state index contributed by atoms with van der Waals surface area (Å²) in [6.45, 7) is 16.7. The van der Waals surface area contributed by atoms with E-state index in [4.69, 9.17) is 15.3 Å². The summed E-state index contributed by atoms with van der Waals surface area (Å²) in [5.74, 6) is 0.485. The van der Waals surface area contributed by atoms with Gasteiger partial charge in [-0.15, -0.1) is 0 Å². The zero-order valence-electron chi connectivity index (χ0n) is 65.1. The van der Waals surface area contributed by atoms with Gasteiger partial charge in [0, 0.05) is 42.4 Å². The number of allylic oxidation sites excluding steroid dienone is 2. The normalized spacial score (nSPS) is 12.3. The molecule has 3 unspecified atom stereocenters. The average Bonchev–Trinajstić information content (AvgIpc) is 1.05. The molecule has 0 aliphatic carbocycles. The number of carboxylic acid groups (broad SMARTS) is 3. The first-order valence-corrected chi connectivity index (χ1v) is 45.9. The lowest BCUT2D eigenvalue weighted by molar-refractivity contribution is -0.141. The molecular formula is C81H162O12S4. The summed E-state index contributed by atoms with van der Waals surface area (Å²) in [4.78, 5) is 42.3. The number of hydrogen-bond acceptors (Lipinski definition) is 11. The Morgan fingerprint density at radius 3 is 0.784 bits per heavy atom. The standard InChI is InChI=1S/C21H42O4S.C20H40O4S.C20H40O2S.C18H34O2.C2H6S/c1-4-6-7-8-9-11-14-17-20(26(23,24)5-2)18-15-12-10-13-16-19-21(22)25-3;1-3-5-6-7-8-10-13-16-19(25(23,24)4-2)17-14-11-9-12-15-18-20(21)22;1-3-5-6-7-8-10-13-16-19(23-4-2)17-14-11-9-12-15-18-20(21)22;1-2-3-4-5-6-7-8-9-10-11-12-13-14-15-16-17-18(19)20;1-2-3/h20H,4-19H2,1-3H3;19H,3-18H2,1-2H3,(H,21,22);19H,3-18H2,1-2H3,(H,21,22);9-10H,2-8,11-17H2,1H3,(H,19,20);3H,2H2,1H3/b;;;10-9-;. The summed E-state index contributed by atoms with van der Waals surface area (Å²) in [7, 11) is -4.46. The fraction of sp³-hybridized carbons (Fsp3) is 0.926. The maximum atomic E-state index is 12.3. The Morgan fingerprint density at radius 2 is 0.557 bits per heavy atom. The lowest BCUT2D eigenvalue weighted by Crippen LogP contribution is -2.23. The van der Waals surface area contributed by atoms with E-state index in [1.165, 1.54) is 225 Å². The van der Waals surface area contributed by atoms with Crippen LogP contribution in [-0.2, 0) is 43.6 Å². The van der Waals surface area contributed by atoms with Crippen molar-refractivity contribution in [2.45, 2.75) is 450 Å². The third kappa shape index (κ3) is 88.4. The van der Waals surface area contributed by atoms with E-state index in [1.54, 1.807) is 13.8 Å². The number of thioether (sulfide) groups is 1. The van der Waals surface area contributed by atoms with Crippen LogP contribution < -0.4 is 0 Å². The Morgan fingerprint density at radius 1 is 0.340 bits per heavy atom. The molecule has 0 saturated carbocycles. The first kappa shape index (κ1) is 104. The molecule has 0 aliphatic rings. The lowest BCUT2D eigenvalue weighted by Gasteiger charge is -2.16. The molecule has 0 bridgehead atoms. The number of rotatable bonds is 69. The second kappa shape index (κ2) is 84.9. The molecule has 582 valence electrons. The van der Waals surface area contributed by atoms with E-state index in [2.05, 4.69) is 75.9 Å². The molecule has 0 radical (unpaired) electrons. The summed E-state index contributed by atoms with van der Waals surface area (Å²) in [6.07, 6.45) is 70.5. The average molecular weight is 1460 g/mol. The molecule has 3 N–H and O–H groups in total. The van der Waals surface area contributed by atoms with Crippen molar-refractivity contribution in [3.8, 4) is 0 Å². The van der Waals surface area contributed by atoms with Gasteiger partial charge in [0.2, 0.25) is 0 Å². The fourth-order valence-corrected chi connectivity index (χ4v) is 16.2. The highest BCUT2D eigenvalue weighted by atomic mass is 32.2. The van der Waals surface area contributed by atoms with Crippen LogP contribution in [0.2, 0.25) is 0 Å². The van der Waals surface area contributed by atoms with Crippen molar-refractivity contribution in [1.82, 2.24) is 0 Å². The Labute approximate surface area is 612 Å². The second-order valence-electron chi connectivity index (χ2n) is 27.3. The van der Waals surface area contributed by atoms with Gasteiger partial charge in [0.25, 0.3) is 0 Å². The molecule has 97 heavy (non-hydrogen) atoms. The van der Waals surface area contributed by atoms with Crippen molar-refractivity contribution in [3.63, 3.8) is 0 Å². The van der Waals surface area contributed by atoms with Gasteiger partial charge in [0.1, 0.15) is 0 Å². The number of hydrogen-bond donors (Lipinski definition) is 4. The van der Waals surface area contributed by atoms with E-state index in [0.29, 0.717) is 19.3 Å². The van der Waals surface area contributed by atoms with Crippen LogP contribution >= 0.6 is 24.4 Å². The Hall–Kier alpha value is -1.78. The van der Waals surface area contributed by atoms with Gasteiger partial charge < -0.3 is 20.1 Å². The zero-order chi connectivity index (χ0) is 73.4. The molecule has 0 saturated heterocycles. The highest BCUT2D eigenvalue weighted by molar-refractivity contribution is 7.99. The number of ether oxygens (including phenoxy) is 1. The number of sulfone groups is 2. The van der Waals surface area contributed by atoms with Gasteiger partial charge in [-0.25, -0.2) is 16.8 Å². The van der Waals surface area contributed by atoms with Crippen molar-refractivity contribution in [2.24, 2.45) is 0 Å². The van der Waals surface area contributed by atoms with Crippen molar-refractivity contribution >= 4 is 67.9 Å². The number of carbonyl (C=O) groups excluding carboxylic acids is 1. The summed E-state index contributed by atoms with van der Waals surface area (Å²) in [5, 5.41) is 26.2. The number of methoxy groups -OCH3 is 1. The first-order chi connectivity index (χ1) is 46.8. The number of aliphatic carboxylic acids is 3. The number of unbranched alkanes of at least 4 members (excludes halogenated alkanes) is 41. The van der Waals surface area contributed by atoms with Crippen LogP contribution in [0, 0.1) is 0 Å². The Balaban J connectivity index is -0.000000384. The van der Waals surface area contributed by atoms with E-state index >= 15 is 0 Å². The van der Waals surface area contributed by atoms with Gasteiger partial charge in [-0.05, 0) is 101 Å². The Bertz CT molecular complexity index is 1880. The smallest absolute Gasteiger partial charge is 0.305 e. The zero-order valence-corrected chi connectivity index (χ0v) is 68.5. The van der Waals surface area contributed by atoms with Crippen LogP contribution in [0.25, 0.3) is 0 Å². The molecular weight excluding hydrogens is 1290 g/mol. The van der Waals surface area contributed by atoms with E-state index in [0.717, 1.165) is 152 Å². The number of thiol groups is 1. The molecule has 0 aliphatic heterocycles. The summed E-state index contributed by atoms with van der Waals surface area (Å²) < 4.78 is 53.8. The molecule has 0 aromatic carbocycles. The molecule has 0 spiro atoms. The third-order valence-electron chi connectivity index (χ3n) is 18.2. The molecule has 16 heteroatoms. The second-order valence-corrected chi connectivity index (χ2v) is 34.6. The van der Waals surface area contributed by atoms with Gasteiger partial charge in [0.05, 0.1) is 17.6 Å². The van der Waals surface area contributed by atoms with Crippen LogP contribution in [0.1, 0.15) is 434 Å². The molecule has 0 aromatic heterocycles. The van der Waals surface area contributed by atoms with Gasteiger partial charge in [-0.1, -0.05) is 331 Å². The minimum atomic E-state index is -2.95. The van der Waals surface area contributed by atoms with Crippen LogP contribution in [0.3, 0.4) is 0 Å². The van der Waals surface area contributed by atoms with Gasteiger partial charge in [0.15, 0.2) is 19.7 Å². The highest BCUT2D eigenvalue weighted by Crippen LogP contribution is 2.26. The number of carbonyl (C=O) groups is 4. The van der Waals surface area contributed by atoms with Gasteiger partial charge in [-0.3, -0.25) is 19.2 Å². The van der Waals surface area contributed by atoms with Crippen molar-refractivity contribution in [3.05, 3.63) is 12.2 Å². The van der Waals surface area contributed by atoms with E-state index in [9.17, 15) is 36.0 Å². The fourth-order valence-electron chi connectivity index (χ4n) is 12.0. The largest absolute Gasteiger partial charge is 0.481 e. The summed E-state index contributed by atoms with van der Waals surface area (Å²) >= 11 is 5.93. The van der Waals surface area contributed by atoms with E-state index < -0.39 is 37.6 Å². The number of esters is 1. The monoisotopic (exact) mass is 1460 g/mol. The molecule has 0 fully saturated rings. The Kier molecular flexibility index (Phi) is 90.9. The van der Waals surface area contributed by atoms with Crippen LogP contribution in [0.15, 0.2) is 12.2 Å². The molecule has 3 atom stereocenters. The minimum absolute atomic E-state index is 0.145. The predicted octanol–water partition coefficient (Wildman–Crippen LogP) is 25.7. The minimum Gasteiger partial charge on any atom is -0.481 e. The maximum absolute atomic E-state index is 12.3. The van der Waals surface area contributed by atoms with Gasteiger partial charge >= 0.3 is 23.9 Å². The van der Waals surface area contributed by atoms with Crippen molar-refractivity contribution < 1.29 is 56.1 Å².